The summed E-state index contributed by atoms with van der Waals surface area (Å²) in [6.07, 6.45) is 8.25. The standard InChI is InChI=1S/C15H31N3O/c1-4-11-17-15(2,14(16)19)10-7-12-18(3)13-8-5-6-9-13/h13,17H,4-12H2,1-3H3,(H2,16,19). The quantitative estimate of drug-likeness (QED) is 0.672. The number of carbonyl (C=O) groups is 1. The van der Waals surface area contributed by atoms with Crippen molar-refractivity contribution in [1.29, 1.82) is 0 Å². The number of hydrogen-bond acceptors (Lipinski definition) is 3. The summed E-state index contributed by atoms with van der Waals surface area (Å²) in [5.41, 5.74) is 4.99. The molecule has 1 aliphatic carbocycles. The molecule has 0 spiro atoms. The summed E-state index contributed by atoms with van der Waals surface area (Å²) in [5.74, 6) is -0.232. The van der Waals surface area contributed by atoms with Crippen LogP contribution in [0.3, 0.4) is 0 Å². The Morgan fingerprint density at radius 1 is 1.42 bits per heavy atom. The highest BCUT2D eigenvalue weighted by Gasteiger charge is 2.30. The molecule has 0 aromatic carbocycles. The van der Waals surface area contributed by atoms with Crippen LogP contribution < -0.4 is 11.1 Å². The normalized spacial score (nSPS) is 19.8. The van der Waals surface area contributed by atoms with Gasteiger partial charge in [-0.05, 0) is 59.2 Å². The van der Waals surface area contributed by atoms with Gasteiger partial charge in [0.05, 0.1) is 5.54 Å². The van der Waals surface area contributed by atoms with Gasteiger partial charge in [0, 0.05) is 6.04 Å². The summed E-state index contributed by atoms with van der Waals surface area (Å²) in [6.45, 7) is 5.93. The minimum absolute atomic E-state index is 0.232. The van der Waals surface area contributed by atoms with E-state index in [1.165, 1.54) is 25.7 Å². The summed E-state index contributed by atoms with van der Waals surface area (Å²) in [5, 5.41) is 3.30. The van der Waals surface area contributed by atoms with Crippen molar-refractivity contribution in [2.45, 2.75) is 70.4 Å². The zero-order valence-corrected chi connectivity index (χ0v) is 12.9. The average Bonchev–Trinajstić information content (AvgIpc) is 2.90. The van der Waals surface area contributed by atoms with Crippen LogP contribution in [-0.4, -0.2) is 42.5 Å². The summed E-state index contributed by atoms with van der Waals surface area (Å²) < 4.78 is 0. The second-order valence-electron chi connectivity index (χ2n) is 6.15. The summed E-state index contributed by atoms with van der Waals surface area (Å²) >= 11 is 0. The molecule has 0 aromatic heterocycles. The predicted octanol–water partition coefficient (Wildman–Crippen LogP) is 1.88. The van der Waals surface area contributed by atoms with Gasteiger partial charge in [-0.1, -0.05) is 19.8 Å². The minimum atomic E-state index is -0.549. The number of nitrogens with two attached hydrogens (primary N) is 1. The van der Waals surface area contributed by atoms with E-state index in [1.54, 1.807) is 0 Å². The number of hydrogen-bond donors (Lipinski definition) is 2. The van der Waals surface area contributed by atoms with Gasteiger partial charge in [-0.3, -0.25) is 4.79 Å². The molecule has 4 nitrogen and oxygen atoms in total. The Labute approximate surface area is 118 Å². The van der Waals surface area contributed by atoms with Gasteiger partial charge >= 0.3 is 0 Å². The topological polar surface area (TPSA) is 58.4 Å². The number of nitrogens with one attached hydrogen (secondary N) is 1. The van der Waals surface area contributed by atoms with Crippen LogP contribution >= 0.6 is 0 Å². The second-order valence-corrected chi connectivity index (χ2v) is 6.15. The molecule has 0 bridgehead atoms. The average molecular weight is 269 g/mol. The molecular weight excluding hydrogens is 238 g/mol. The first-order valence-electron chi connectivity index (χ1n) is 7.75. The van der Waals surface area contributed by atoms with Crippen LogP contribution in [0.15, 0.2) is 0 Å². The zero-order chi connectivity index (χ0) is 14.3. The lowest BCUT2D eigenvalue weighted by molar-refractivity contribution is -0.124. The third-order valence-electron chi connectivity index (χ3n) is 4.44. The Bertz CT molecular complexity index is 277. The number of primary amides is 1. The van der Waals surface area contributed by atoms with Crippen molar-refractivity contribution in [2.24, 2.45) is 5.73 Å². The van der Waals surface area contributed by atoms with Gasteiger partial charge in [-0.15, -0.1) is 0 Å². The van der Waals surface area contributed by atoms with E-state index in [-0.39, 0.29) is 5.91 Å². The largest absolute Gasteiger partial charge is 0.368 e. The maximum atomic E-state index is 11.6. The van der Waals surface area contributed by atoms with Gasteiger partial charge in [0.2, 0.25) is 5.91 Å². The molecule has 19 heavy (non-hydrogen) atoms. The molecule has 0 aliphatic heterocycles. The zero-order valence-electron chi connectivity index (χ0n) is 12.9. The van der Waals surface area contributed by atoms with Crippen molar-refractivity contribution in [3.8, 4) is 0 Å². The van der Waals surface area contributed by atoms with E-state index in [9.17, 15) is 4.79 Å². The molecule has 1 atom stereocenters. The van der Waals surface area contributed by atoms with Crippen LogP contribution in [0.25, 0.3) is 0 Å². The first-order chi connectivity index (χ1) is 8.99. The molecule has 112 valence electrons. The van der Waals surface area contributed by atoms with E-state index in [0.29, 0.717) is 0 Å². The van der Waals surface area contributed by atoms with Crippen molar-refractivity contribution >= 4 is 5.91 Å². The van der Waals surface area contributed by atoms with Gasteiger partial charge < -0.3 is 16.0 Å². The number of carbonyl (C=O) groups excluding carboxylic acids is 1. The molecular formula is C15H31N3O. The molecule has 0 aromatic rings. The highest BCUT2D eigenvalue weighted by Crippen LogP contribution is 2.23. The lowest BCUT2D eigenvalue weighted by Gasteiger charge is -2.29. The predicted molar refractivity (Wildman–Crippen MR) is 80.0 cm³/mol. The summed E-state index contributed by atoms with van der Waals surface area (Å²) in [6, 6.07) is 0.753. The Morgan fingerprint density at radius 3 is 2.58 bits per heavy atom. The van der Waals surface area contributed by atoms with Gasteiger partial charge in [-0.2, -0.15) is 0 Å². The molecule has 0 saturated heterocycles. The van der Waals surface area contributed by atoms with Crippen LogP contribution in [0.2, 0.25) is 0 Å². The monoisotopic (exact) mass is 269 g/mol. The molecule has 3 N–H and O–H groups in total. The van der Waals surface area contributed by atoms with E-state index in [1.807, 2.05) is 6.92 Å². The minimum Gasteiger partial charge on any atom is -0.368 e. The molecule has 1 rings (SSSR count). The summed E-state index contributed by atoms with van der Waals surface area (Å²) in [4.78, 5) is 14.1. The van der Waals surface area contributed by atoms with E-state index in [4.69, 9.17) is 5.73 Å². The van der Waals surface area contributed by atoms with Gasteiger partial charge in [0.15, 0.2) is 0 Å². The van der Waals surface area contributed by atoms with Gasteiger partial charge in [-0.25, -0.2) is 0 Å². The fraction of sp³-hybridized carbons (Fsp3) is 0.933. The molecule has 1 unspecified atom stereocenters. The van der Waals surface area contributed by atoms with E-state index < -0.39 is 5.54 Å². The SMILES string of the molecule is CCCNC(C)(CCCN(C)C1CCCC1)C(N)=O. The lowest BCUT2D eigenvalue weighted by atomic mass is 9.94. The molecule has 1 amide bonds. The fourth-order valence-corrected chi connectivity index (χ4v) is 2.91. The van der Waals surface area contributed by atoms with Gasteiger partial charge in [0.1, 0.15) is 0 Å². The third kappa shape index (κ3) is 5.11. The van der Waals surface area contributed by atoms with Crippen molar-refractivity contribution < 1.29 is 4.79 Å². The molecule has 4 heteroatoms. The summed E-state index contributed by atoms with van der Waals surface area (Å²) in [7, 11) is 2.21. The molecule has 1 aliphatic rings. The van der Waals surface area contributed by atoms with Crippen molar-refractivity contribution in [3.63, 3.8) is 0 Å². The van der Waals surface area contributed by atoms with Crippen LogP contribution in [0.5, 0.6) is 0 Å². The molecule has 1 fully saturated rings. The van der Waals surface area contributed by atoms with Crippen LogP contribution in [-0.2, 0) is 4.79 Å². The van der Waals surface area contributed by atoms with Crippen molar-refractivity contribution in [2.75, 3.05) is 20.1 Å². The molecule has 1 saturated carbocycles. The van der Waals surface area contributed by atoms with E-state index >= 15 is 0 Å². The Kier molecular flexibility index (Phi) is 6.80. The smallest absolute Gasteiger partial charge is 0.237 e. The Morgan fingerprint density at radius 2 is 2.05 bits per heavy atom. The Balaban J connectivity index is 2.32. The third-order valence-corrected chi connectivity index (χ3v) is 4.44. The number of nitrogens with zero attached hydrogens (tertiary/aromatic N) is 1. The Hall–Kier alpha value is -0.610. The van der Waals surface area contributed by atoms with Crippen molar-refractivity contribution in [1.82, 2.24) is 10.2 Å². The maximum absolute atomic E-state index is 11.6. The highest BCUT2D eigenvalue weighted by atomic mass is 16.1. The van der Waals surface area contributed by atoms with Gasteiger partial charge in [0.25, 0.3) is 0 Å². The number of amides is 1. The van der Waals surface area contributed by atoms with Crippen LogP contribution in [0.1, 0.15) is 58.8 Å². The highest BCUT2D eigenvalue weighted by molar-refractivity contribution is 5.84. The molecule has 0 heterocycles. The lowest BCUT2D eigenvalue weighted by Crippen LogP contribution is -2.53. The van der Waals surface area contributed by atoms with E-state index in [2.05, 4.69) is 24.2 Å². The van der Waals surface area contributed by atoms with Crippen LogP contribution in [0.4, 0.5) is 0 Å². The van der Waals surface area contributed by atoms with Crippen molar-refractivity contribution in [3.05, 3.63) is 0 Å². The first kappa shape index (κ1) is 16.4. The fourth-order valence-electron chi connectivity index (χ4n) is 2.91. The second kappa shape index (κ2) is 7.85. The van der Waals surface area contributed by atoms with E-state index in [0.717, 1.165) is 38.4 Å². The van der Waals surface area contributed by atoms with Crippen LogP contribution in [0, 0.1) is 0 Å². The maximum Gasteiger partial charge on any atom is 0.237 e. The number of rotatable bonds is 9. The molecule has 0 radical (unpaired) electrons. The first-order valence-corrected chi connectivity index (χ1v) is 7.75.